The number of hydrogen-bond donors (Lipinski definition) is 1. The third-order valence-electron chi connectivity index (χ3n) is 5.20. The second-order valence-electron chi connectivity index (χ2n) is 6.52. The van der Waals surface area contributed by atoms with E-state index >= 15 is 0 Å². The van der Waals surface area contributed by atoms with Crippen LogP contribution in [0, 0.1) is 0 Å². The van der Waals surface area contributed by atoms with Gasteiger partial charge in [0.2, 0.25) is 0 Å². The quantitative estimate of drug-likeness (QED) is 0.778. The van der Waals surface area contributed by atoms with Gasteiger partial charge >= 0.3 is 0 Å². The topological polar surface area (TPSA) is 35.7 Å². The zero-order valence-corrected chi connectivity index (χ0v) is 11.8. The van der Waals surface area contributed by atoms with Crippen molar-refractivity contribution in [1.29, 1.82) is 0 Å². The molecule has 2 saturated heterocycles. The fourth-order valence-electron chi connectivity index (χ4n) is 3.71. The summed E-state index contributed by atoms with van der Waals surface area (Å²) in [5.41, 5.74) is 6.47. The highest BCUT2D eigenvalue weighted by atomic mass is 15.3. The van der Waals surface area contributed by atoms with Crippen molar-refractivity contribution in [3.8, 4) is 0 Å². The molecule has 3 aliphatic rings. The molecule has 1 unspecified atom stereocenters. The first-order valence-electron chi connectivity index (χ1n) is 7.61. The van der Waals surface area contributed by atoms with E-state index in [2.05, 4.69) is 21.7 Å². The first kappa shape index (κ1) is 12.9. The highest BCUT2D eigenvalue weighted by molar-refractivity contribution is 5.04. The maximum Gasteiger partial charge on any atom is 0.0471 e. The van der Waals surface area contributed by atoms with Crippen molar-refractivity contribution in [2.45, 2.75) is 37.3 Å². The number of rotatable bonds is 3. The Bertz CT molecular complexity index is 292. The number of likely N-dealkylation sites (N-methyl/N-ethyl adjacent to an activating group) is 1. The summed E-state index contributed by atoms with van der Waals surface area (Å²) in [6.07, 6.45) is 5.41. The van der Waals surface area contributed by atoms with E-state index < -0.39 is 0 Å². The van der Waals surface area contributed by atoms with Gasteiger partial charge < -0.3 is 10.6 Å². The average molecular weight is 252 g/mol. The zero-order chi connectivity index (χ0) is 12.6. The lowest BCUT2D eigenvalue weighted by molar-refractivity contribution is 0.102. The molecule has 3 fully saturated rings. The SMILES string of the molecule is CN1CCCN(C2(CN)CCN(C3CC3)C2)CC1. The van der Waals surface area contributed by atoms with Crippen molar-refractivity contribution in [3.63, 3.8) is 0 Å². The van der Waals surface area contributed by atoms with Gasteiger partial charge in [0.1, 0.15) is 0 Å². The summed E-state index contributed by atoms with van der Waals surface area (Å²) in [6, 6.07) is 0.896. The molecule has 18 heavy (non-hydrogen) atoms. The van der Waals surface area contributed by atoms with Crippen LogP contribution < -0.4 is 5.73 Å². The summed E-state index contributed by atoms with van der Waals surface area (Å²) in [4.78, 5) is 7.86. The summed E-state index contributed by atoms with van der Waals surface area (Å²) in [7, 11) is 2.24. The highest BCUT2D eigenvalue weighted by Gasteiger charge is 2.45. The highest BCUT2D eigenvalue weighted by Crippen LogP contribution is 2.36. The molecule has 3 rings (SSSR count). The monoisotopic (exact) mass is 252 g/mol. The Morgan fingerprint density at radius 1 is 1.11 bits per heavy atom. The van der Waals surface area contributed by atoms with Crippen LogP contribution in [0.2, 0.25) is 0 Å². The zero-order valence-electron chi connectivity index (χ0n) is 11.8. The lowest BCUT2D eigenvalue weighted by Gasteiger charge is -2.40. The Labute approximate surface area is 111 Å². The number of hydrogen-bond acceptors (Lipinski definition) is 4. The van der Waals surface area contributed by atoms with Gasteiger partial charge in [-0.15, -0.1) is 0 Å². The van der Waals surface area contributed by atoms with Crippen molar-refractivity contribution in [2.75, 3.05) is 52.9 Å². The van der Waals surface area contributed by atoms with Crippen LogP contribution in [0.3, 0.4) is 0 Å². The molecular formula is C14H28N4. The summed E-state index contributed by atoms with van der Waals surface area (Å²) in [6.45, 7) is 8.20. The molecule has 0 bridgehead atoms. The summed E-state index contributed by atoms with van der Waals surface area (Å²) < 4.78 is 0. The van der Waals surface area contributed by atoms with Crippen LogP contribution in [0.15, 0.2) is 0 Å². The van der Waals surface area contributed by atoms with Crippen molar-refractivity contribution in [1.82, 2.24) is 14.7 Å². The fourth-order valence-corrected chi connectivity index (χ4v) is 3.71. The van der Waals surface area contributed by atoms with E-state index in [1.807, 2.05) is 0 Å². The molecule has 4 nitrogen and oxygen atoms in total. The van der Waals surface area contributed by atoms with Crippen molar-refractivity contribution >= 4 is 0 Å². The van der Waals surface area contributed by atoms with Crippen LogP contribution in [0.25, 0.3) is 0 Å². The Hall–Kier alpha value is -0.160. The standard InChI is InChI=1S/C14H28N4/c1-16-6-2-7-18(10-9-16)14(11-15)5-8-17(12-14)13-3-4-13/h13H,2-12,15H2,1H3. The largest absolute Gasteiger partial charge is 0.329 e. The van der Waals surface area contributed by atoms with Crippen LogP contribution in [0.1, 0.15) is 25.7 Å². The number of nitrogens with two attached hydrogens (primary N) is 1. The molecule has 0 amide bonds. The van der Waals surface area contributed by atoms with E-state index in [9.17, 15) is 0 Å². The van der Waals surface area contributed by atoms with Gasteiger partial charge in [-0.25, -0.2) is 0 Å². The molecule has 104 valence electrons. The smallest absolute Gasteiger partial charge is 0.0471 e. The van der Waals surface area contributed by atoms with Gasteiger partial charge in [0.15, 0.2) is 0 Å². The molecule has 2 heterocycles. The third kappa shape index (κ3) is 2.44. The van der Waals surface area contributed by atoms with Gasteiger partial charge in [-0.2, -0.15) is 0 Å². The Kier molecular flexibility index (Phi) is 3.63. The van der Waals surface area contributed by atoms with Crippen molar-refractivity contribution in [3.05, 3.63) is 0 Å². The number of likely N-dealkylation sites (tertiary alicyclic amines) is 1. The van der Waals surface area contributed by atoms with Gasteiger partial charge in [0.25, 0.3) is 0 Å². The first-order valence-corrected chi connectivity index (χ1v) is 7.61. The molecule has 2 N–H and O–H groups in total. The molecule has 2 aliphatic heterocycles. The van der Waals surface area contributed by atoms with E-state index in [-0.39, 0.29) is 5.54 Å². The Balaban J connectivity index is 1.66. The average Bonchev–Trinajstić information content (AvgIpc) is 3.17. The minimum atomic E-state index is 0.285. The molecule has 1 atom stereocenters. The Morgan fingerprint density at radius 3 is 2.67 bits per heavy atom. The van der Waals surface area contributed by atoms with Crippen LogP contribution in [0.5, 0.6) is 0 Å². The third-order valence-corrected chi connectivity index (χ3v) is 5.20. The van der Waals surface area contributed by atoms with E-state index in [1.165, 1.54) is 65.0 Å². The molecule has 4 heteroatoms. The lowest BCUT2D eigenvalue weighted by atomic mass is 9.95. The van der Waals surface area contributed by atoms with E-state index in [1.54, 1.807) is 0 Å². The molecule has 0 radical (unpaired) electrons. The minimum Gasteiger partial charge on any atom is -0.329 e. The molecule has 1 saturated carbocycles. The lowest BCUT2D eigenvalue weighted by Crippen LogP contribution is -2.56. The van der Waals surface area contributed by atoms with Crippen molar-refractivity contribution in [2.24, 2.45) is 5.73 Å². The molecule has 1 aliphatic carbocycles. The van der Waals surface area contributed by atoms with E-state index in [0.29, 0.717) is 0 Å². The van der Waals surface area contributed by atoms with Gasteiger partial charge in [-0.1, -0.05) is 0 Å². The summed E-state index contributed by atoms with van der Waals surface area (Å²) in [5, 5.41) is 0. The summed E-state index contributed by atoms with van der Waals surface area (Å²) >= 11 is 0. The van der Waals surface area contributed by atoms with Crippen molar-refractivity contribution < 1.29 is 0 Å². The maximum absolute atomic E-state index is 6.19. The predicted octanol–water partition coefficient (Wildman–Crippen LogP) is 0.190. The maximum atomic E-state index is 6.19. The predicted molar refractivity (Wildman–Crippen MR) is 74.7 cm³/mol. The van der Waals surface area contributed by atoms with Crippen LogP contribution in [-0.4, -0.2) is 79.1 Å². The van der Waals surface area contributed by atoms with Gasteiger partial charge in [-0.3, -0.25) is 9.80 Å². The molecule has 0 aromatic rings. The second kappa shape index (κ2) is 5.08. The van der Waals surface area contributed by atoms with E-state index in [4.69, 9.17) is 5.73 Å². The molecule has 0 spiro atoms. The Morgan fingerprint density at radius 2 is 1.94 bits per heavy atom. The van der Waals surface area contributed by atoms with Gasteiger partial charge in [0, 0.05) is 50.8 Å². The second-order valence-corrected chi connectivity index (χ2v) is 6.52. The van der Waals surface area contributed by atoms with Crippen LogP contribution >= 0.6 is 0 Å². The molecule has 0 aromatic carbocycles. The normalized spacial score (nSPS) is 37.0. The van der Waals surface area contributed by atoms with Gasteiger partial charge in [-0.05, 0) is 39.3 Å². The molecular weight excluding hydrogens is 224 g/mol. The summed E-state index contributed by atoms with van der Waals surface area (Å²) in [5.74, 6) is 0. The van der Waals surface area contributed by atoms with Crippen LogP contribution in [-0.2, 0) is 0 Å². The van der Waals surface area contributed by atoms with Crippen LogP contribution in [0.4, 0.5) is 0 Å². The molecule has 0 aromatic heterocycles. The van der Waals surface area contributed by atoms with E-state index in [0.717, 1.165) is 12.6 Å². The number of nitrogens with zero attached hydrogens (tertiary/aromatic N) is 3. The first-order chi connectivity index (χ1) is 8.73. The fraction of sp³-hybridized carbons (Fsp3) is 1.00. The van der Waals surface area contributed by atoms with Gasteiger partial charge in [0.05, 0.1) is 0 Å². The minimum absolute atomic E-state index is 0.285.